The van der Waals surface area contributed by atoms with Gasteiger partial charge >= 0.3 is 0 Å². The quantitative estimate of drug-likeness (QED) is 0.223. The van der Waals surface area contributed by atoms with Crippen LogP contribution in [-0.2, 0) is 11.2 Å². The van der Waals surface area contributed by atoms with Gasteiger partial charge in [0.15, 0.2) is 0 Å². The number of carbonyl (C=O) groups excluding carboxylic acids is 1. The highest BCUT2D eigenvalue weighted by atomic mass is 32.1. The molecular formula is C26H28N4O3S. The Morgan fingerprint density at radius 1 is 1.09 bits per heavy atom. The summed E-state index contributed by atoms with van der Waals surface area (Å²) in [6.07, 6.45) is 4.44. The number of ether oxygens (including phenoxy) is 2. The van der Waals surface area contributed by atoms with Crippen molar-refractivity contribution in [2.75, 3.05) is 18.5 Å². The third kappa shape index (κ3) is 7.15. The van der Waals surface area contributed by atoms with Gasteiger partial charge in [-0.2, -0.15) is 5.26 Å². The molecule has 0 aliphatic heterocycles. The maximum Gasteiger partial charge on any atom is 0.268 e. The molecule has 0 aliphatic rings. The van der Waals surface area contributed by atoms with Crippen LogP contribution in [0.3, 0.4) is 0 Å². The molecule has 8 heteroatoms. The molecule has 1 heterocycles. The summed E-state index contributed by atoms with van der Waals surface area (Å²) in [5, 5.41) is 21.4. The maximum absolute atomic E-state index is 12.5. The molecule has 0 spiro atoms. The lowest BCUT2D eigenvalue weighted by molar-refractivity contribution is -0.112. The molecule has 3 rings (SSSR count). The normalized spacial score (nSPS) is 11.1. The third-order valence-corrected chi connectivity index (χ3v) is 5.89. The number of para-hydroxylation sites is 1. The number of aromatic nitrogens is 2. The number of nitrogens with one attached hydrogen (secondary N) is 1. The number of benzene rings is 2. The van der Waals surface area contributed by atoms with Crippen molar-refractivity contribution in [2.24, 2.45) is 0 Å². The Balaban J connectivity index is 1.52. The first-order valence-electron chi connectivity index (χ1n) is 11.2. The fraction of sp³-hybridized carbons (Fsp3) is 0.308. The zero-order valence-electron chi connectivity index (χ0n) is 19.6. The molecular weight excluding hydrogens is 448 g/mol. The molecule has 0 bridgehead atoms. The van der Waals surface area contributed by atoms with Crippen LogP contribution in [0.15, 0.2) is 48.0 Å². The van der Waals surface area contributed by atoms with Crippen molar-refractivity contribution in [3.8, 4) is 17.6 Å². The molecule has 0 fully saturated rings. The highest BCUT2D eigenvalue weighted by Crippen LogP contribution is 2.22. The van der Waals surface area contributed by atoms with Gasteiger partial charge in [0.2, 0.25) is 5.13 Å². The molecule has 0 radical (unpaired) electrons. The van der Waals surface area contributed by atoms with Crippen LogP contribution in [0, 0.1) is 25.2 Å². The number of unbranched alkanes of at least 4 members (excludes halogenated alkanes) is 1. The Kier molecular flexibility index (Phi) is 9.18. The first kappa shape index (κ1) is 24.9. The topological polar surface area (TPSA) is 97.1 Å². The number of nitrogens with zero attached hydrogens (tertiary/aromatic N) is 3. The van der Waals surface area contributed by atoms with Crippen LogP contribution in [0.2, 0.25) is 0 Å². The fourth-order valence-electron chi connectivity index (χ4n) is 3.20. The Morgan fingerprint density at radius 3 is 2.47 bits per heavy atom. The highest BCUT2D eigenvalue weighted by Gasteiger charge is 2.13. The molecule has 1 N–H and O–H groups in total. The summed E-state index contributed by atoms with van der Waals surface area (Å²) >= 11 is 1.33. The summed E-state index contributed by atoms with van der Waals surface area (Å²) in [4.78, 5) is 12.5. The standard InChI is InChI=1S/C26H28N4O3S/c1-4-5-9-23-29-30-26(34-23)28-25(31)21(17-27)16-20-10-12-22(13-11-20)32-14-15-33-24-18(2)7-6-8-19(24)3/h6-8,10-13,16H,4-5,9,14-15H2,1-3H3,(H,28,30,31)/b21-16-. The van der Waals surface area contributed by atoms with Crippen molar-refractivity contribution >= 4 is 28.5 Å². The fourth-order valence-corrected chi connectivity index (χ4v) is 3.98. The average Bonchev–Trinajstić information content (AvgIpc) is 3.28. The summed E-state index contributed by atoms with van der Waals surface area (Å²) in [5.74, 6) is 1.06. The summed E-state index contributed by atoms with van der Waals surface area (Å²) in [7, 11) is 0. The van der Waals surface area contributed by atoms with Gasteiger partial charge in [-0.05, 0) is 55.2 Å². The number of hydrogen-bond acceptors (Lipinski definition) is 7. The lowest BCUT2D eigenvalue weighted by Crippen LogP contribution is -2.13. The number of carbonyl (C=O) groups is 1. The number of aryl methyl sites for hydroxylation is 3. The van der Waals surface area contributed by atoms with Crippen molar-refractivity contribution in [3.05, 3.63) is 69.7 Å². The predicted octanol–water partition coefficient (Wildman–Crippen LogP) is 5.50. The van der Waals surface area contributed by atoms with Crippen LogP contribution < -0.4 is 14.8 Å². The second kappa shape index (κ2) is 12.5. The van der Waals surface area contributed by atoms with E-state index in [1.807, 2.05) is 38.1 Å². The van der Waals surface area contributed by atoms with Gasteiger partial charge in [-0.25, -0.2) is 0 Å². The van der Waals surface area contributed by atoms with Gasteiger partial charge in [0.1, 0.15) is 41.4 Å². The Labute approximate surface area is 204 Å². The van der Waals surface area contributed by atoms with Crippen LogP contribution in [0.25, 0.3) is 6.08 Å². The summed E-state index contributed by atoms with van der Waals surface area (Å²) in [6.45, 7) is 6.97. The van der Waals surface area contributed by atoms with Crippen molar-refractivity contribution in [3.63, 3.8) is 0 Å². The van der Waals surface area contributed by atoms with Crippen LogP contribution in [-0.4, -0.2) is 29.3 Å². The van der Waals surface area contributed by atoms with Gasteiger partial charge < -0.3 is 9.47 Å². The number of anilines is 1. The van der Waals surface area contributed by atoms with Gasteiger partial charge in [-0.3, -0.25) is 10.1 Å². The van der Waals surface area contributed by atoms with E-state index in [9.17, 15) is 10.1 Å². The van der Waals surface area contributed by atoms with E-state index in [2.05, 4.69) is 22.4 Å². The molecule has 0 saturated heterocycles. The molecule has 7 nitrogen and oxygen atoms in total. The van der Waals surface area contributed by atoms with E-state index in [-0.39, 0.29) is 5.57 Å². The van der Waals surface area contributed by atoms with Crippen LogP contribution in [0.5, 0.6) is 11.5 Å². The highest BCUT2D eigenvalue weighted by molar-refractivity contribution is 7.15. The number of amides is 1. The van der Waals surface area contributed by atoms with Crippen LogP contribution in [0.1, 0.15) is 41.5 Å². The van der Waals surface area contributed by atoms with Crippen molar-refractivity contribution in [2.45, 2.75) is 40.0 Å². The Bertz CT molecular complexity index is 1160. The SMILES string of the molecule is CCCCc1nnc(NC(=O)/C(C#N)=C\c2ccc(OCCOc3c(C)cccc3C)cc2)s1. The van der Waals surface area contributed by atoms with E-state index in [1.165, 1.54) is 17.4 Å². The van der Waals surface area contributed by atoms with Crippen molar-refractivity contribution < 1.29 is 14.3 Å². The summed E-state index contributed by atoms with van der Waals surface area (Å²) in [6, 6.07) is 15.2. The van der Waals surface area contributed by atoms with Gasteiger partial charge in [0, 0.05) is 6.42 Å². The molecule has 1 aromatic heterocycles. The predicted molar refractivity (Wildman–Crippen MR) is 134 cm³/mol. The molecule has 2 aromatic carbocycles. The number of nitriles is 1. The molecule has 176 valence electrons. The van der Waals surface area contributed by atoms with E-state index in [4.69, 9.17) is 9.47 Å². The zero-order valence-corrected chi connectivity index (χ0v) is 20.4. The monoisotopic (exact) mass is 476 g/mol. The Hall–Kier alpha value is -3.70. The second-order valence-corrected chi connectivity index (χ2v) is 8.78. The van der Waals surface area contributed by atoms with E-state index in [0.29, 0.717) is 29.7 Å². The van der Waals surface area contributed by atoms with Gasteiger partial charge in [-0.1, -0.05) is 55.0 Å². The van der Waals surface area contributed by atoms with Gasteiger partial charge in [0.25, 0.3) is 5.91 Å². The number of hydrogen-bond donors (Lipinski definition) is 1. The van der Waals surface area contributed by atoms with E-state index >= 15 is 0 Å². The van der Waals surface area contributed by atoms with E-state index in [1.54, 1.807) is 24.3 Å². The Morgan fingerprint density at radius 2 is 1.79 bits per heavy atom. The lowest BCUT2D eigenvalue weighted by atomic mass is 10.1. The molecule has 1 amide bonds. The number of rotatable bonds is 11. The average molecular weight is 477 g/mol. The van der Waals surface area contributed by atoms with Crippen LogP contribution >= 0.6 is 11.3 Å². The molecule has 0 unspecified atom stereocenters. The molecule has 0 saturated carbocycles. The van der Waals surface area contributed by atoms with Crippen LogP contribution in [0.4, 0.5) is 5.13 Å². The van der Waals surface area contributed by atoms with Crippen molar-refractivity contribution in [1.29, 1.82) is 5.26 Å². The smallest absolute Gasteiger partial charge is 0.268 e. The minimum atomic E-state index is -0.510. The van der Waals surface area contributed by atoms with Gasteiger partial charge in [0.05, 0.1) is 0 Å². The van der Waals surface area contributed by atoms with E-state index in [0.717, 1.165) is 41.1 Å². The largest absolute Gasteiger partial charge is 0.490 e. The molecule has 0 aliphatic carbocycles. The molecule has 0 atom stereocenters. The minimum Gasteiger partial charge on any atom is -0.490 e. The minimum absolute atomic E-state index is 0.0130. The third-order valence-electron chi connectivity index (χ3n) is 4.99. The first-order valence-corrected chi connectivity index (χ1v) is 12.0. The summed E-state index contributed by atoms with van der Waals surface area (Å²) in [5.41, 5.74) is 2.89. The first-order chi connectivity index (χ1) is 16.5. The van der Waals surface area contributed by atoms with Gasteiger partial charge in [-0.15, -0.1) is 10.2 Å². The second-order valence-electron chi connectivity index (χ2n) is 7.72. The van der Waals surface area contributed by atoms with E-state index < -0.39 is 5.91 Å². The molecule has 3 aromatic rings. The molecule has 34 heavy (non-hydrogen) atoms. The zero-order chi connectivity index (χ0) is 24.3. The maximum atomic E-state index is 12.5. The lowest BCUT2D eigenvalue weighted by Gasteiger charge is -2.12. The van der Waals surface area contributed by atoms with Crippen molar-refractivity contribution in [1.82, 2.24) is 10.2 Å². The summed E-state index contributed by atoms with van der Waals surface area (Å²) < 4.78 is 11.6.